The third kappa shape index (κ3) is 18.6. The maximum Gasteiger partial charge on any atom is 0.405 e. The highest BCUT2D eigenvalue weighted by Gasteiger charge is 2.20. The van der Waals surface area contributed by atoms with E-state index in [-0.39, 0.29) is 0 Å². The number of amides is 1. The first-order valence-electron chi connectivity index (χ1n) is 8.28. The number of hydrogen-bond acceptors (Lipinski definition) is 7. The number of rotatable bonds is 17. The topological polar surface area (TPSA) is 138 Å². The largest absolute Gasteiger partial charge is 0.444 e. The predicted molar refractivity (Wildman–Crippen MR) is 91.3 cm³/mol. The first kappa shape index (κ1) is 23.4. The molecular weight excluding hydrogens is 332 g/mol. The zero-order valence-electron chi connectivity index (χ0n) is 15.1. The molecule has 10 nitrogen and oxygen atoms in total. The first-order chi connectivity index (χ1) is 12.0. The van der Waals surface area contributed by atoms with Gasteiger partial charge in [-0.1, -0.05) is 5.11 Å². The van der Waals surface area contributed by atoms with Gasteiger partial charge in [-0.25, -0.2) is 4.79 Å². The van der Waals surface area contributed by atoms with Gasteiger partial charge in [-0.2, -0.15) is 0 Å². The van der Waals surface area contributed by atoms with E-state index >= 15 is 0 Å². The predicted octanol–water partition coefficient (Wildman–Crippen LogP) is 2.02. The Kier molecular flexibility index (Phi) is 14.9. The minimum atomic E-state index is -0.763. The number of ether oxygens (including phenoxy) is 5. The molecule has 0 rings (SSSR count). The van der Waals surface area contributed by atoms with Crippen LogP contribution in [-0.4, -0.2) is 71.1 Å². The Morgan fingerprint density at radius 3 is 1.92 bits per heavy atom. The number of carbonyl (C=O) groups is 1. The molecule has 0 aromatic rings. The molecule has 0 saturated carbocycles. The van der Waals surface area contributed by atoms with E-state index in [1.54, 1.807) is 0 Å². The summed E-state index contributed by atoms with van der Waals surface area (Å²) < 4.78 is 26.3. The molecular formula is C15H30N4O6. The Morgan fingerprint density at radius 2 is 1.44 bits per heavy atom. The second-order valence-electron chi connectivity index (χ2n) is 5.69. The molecule has 0 aliphatic carbocycles. The number of carbonyl (C=O) groups excluding carboxylic acids is 1. The van der Waals surface area contributed by atoms with Gasteiger partial charge in [-0.15, -0.1) is 0 Å². The SMILES string of the molecule is CC(C)(CCCOCCOCCOCCOCCN=[N+]=[N-])OC(N)=O. The second-order valence-corrected chi connectivity index (χ2v) is 5.69. The highest BCUT2D eigenvalue weighted by molar-refractivity contribution is 5.65. The number of nitrogens with zero attached hydrogens (tertiary/aromatic N) is 3. The molecule has 2 N–H and O–H groups in total. The fraction of sp³-hybridized carbons (Fsp3) is 0.933. The average Bonchev–Trinajstić information content (AvgIpc) is 2.53. The van der Waals surface area contributed by atoms with Crippen LogP contribution in [0.5, 0.6) is 0 Å². The lowest BCUT2D eigenvalue weighted by Gasteiger charge is -2.23. The molecule has 0 atom stereocenters. The fourth-order valence-corrected chi connectivity index (χ4v) is 1.84. The summed E-state index contributed by atoms with van der Waals surface area (Å²) in [6, 6.07) is 0. The van der Waals surface area contributed by atoms with Crippen molar-refractivity contribution in [2.75, 3.05) is 59.4 Å². The number of primary amides is 1. The van der Waals surface area contributed by atoms with Gasteiger partial charge in [0.1, 0.15) is 5.60 Å². The van der Waals surface area contributed by atoms with Crippen molar-refractivity contribution in [3.05, 3.63) is 10.4 Å². The van der Waals surface area contributed by atoms with Crippen molar-refractivity contribution in [1.82, 2.24) is 0 Å². The van der Waals surface area contributed by atoms with Gasteiger partial charge in [0.05, 0.1) is 46.2 Å². The normalized spacial score (nSPS) is 11.1. The van der Waals surface area contributed by atoms with Crippen molar-refractivity contribution in [1.29, 1.82) is 0 Å². The van der Waals surface area contributed by atoms with E-state index in [2.05, 4.69) is 10.0 Å². The van der Waals surface area contributed by atoms with Gasteiger partial charge in [0.15, 0.2) is 0 Å². The summed E-state index contributed by atoms with van der Waals surface area (Å²) in [5.74, 6) is 0. The first-order valence-corrected chi connectivity index (χ1v) is 8.28. The third-order valence-corrected chi connectivity index (χ3v) is 2.96. The number of azide groups is 1. The molecule has 1 amide bonds. The Labute approximate surface area is 148 Å². The number of hydrogen-bond donors (Lipinski definition) is 1. The maximum absolute atomic E-state index is 10.7. The average molecular weight is 362 g/mol. The van der Waals surface area contributed by atoms with E-state index in [9.17, 15) is 4.79 Å². The van der Waals surface area contributed by atoms with Crippen molar-refractivity contribution in [2.45, 2.75) is 32.3 Å². The summed E-state index contributed by atoms with van der Waals surface area (Å²) in [5, 5.41) is 3.35. The van der Waals surface area contributed by atoms with Gasteiger partial charge < -0.3 is 29.4 Å². The lowest BCUT2D eigenvalue weighted by molar-refractivity contribution is -0.00502. The van der Waals surface area contributed by atoms with Crippen LogP contribution in [-0.2, 0) is 23.7 Å². The van der Waals surface area contributed by atoms with Crippen molar-refractivity contribution in [3.8, 4) is 0 Å². The van der Waals surface area contributed by atoms with Crippen LogP contribution in [0.4, 0.5) is 4.79 Å². The van der Waals surface area contributed by atoms with E-state index < -0.39 is 11.7 Å². The molecule has 0 radical (unpaired) electrons. The Balaban J connectivity index is 3.21. The van der Waals surface area contributed by atoms with Crippen LogP contribution in [0.25, 0.3) is 10.4 Å². The van der Waals surface area contributed by atoms with Crippen LogP contribution in [0.15, 0.2) is 5.11 Å². The molecule has 0 bridgehead atoms. The molecule has 0 heterocycles. The van der Waals surface area contributed by atoms with Crippen LogP contribution in [0.3, 0.4) is 0 Å². The standard InChI is InChI=1S/C15H30N4O6/c1-15(2,25-14(16)20)4-3-6-21-8-10-23-12-13-24-11-9-22-7-5-18-19-17/h3-13H2,1-2H3,(H2,16,20). The zero-order chi connectivity index (χ0) is 18.8. The highest BCUT2D eigenvalue weighted by atomic mass is 16.6. The number of nitrogens with two attached hydrogens (primary N) is 1. The lowest BCUT2D eigenvalue weighted by atomic mass is 10.0. The Morgan fingerprint density at radius 1 is 0.960 bits per heavy atom. The van der Waals surface area contributed by atoms with Crippen LogP contribution in [0.2, 0.25) is 0 Å². The molecule has 0 aliphatic rings. The summed E-state index contributed by atoms with van der Waals surface area (Å²) >= 11 is 0. The van der Waals surface area contributed by atoms with E-state index in [0.29, 0.717) is 65.8 Å². The minimum absolute atomic E-state index is 0.329. The van der Waals surface area contributed by atoms with Gasteiger partial charge in [0.25, 0.3) is 0 Å². The van der Waals surface area contributed by atoms with Crippen LogP contribution < -0.4 is 5.73 Å². The summed E-state index contributed by atoms with van der Waals surface area (Å²) in [7, 11) is 0. The third-order valence-electron chi connectivity index (χ3n) is 2.96. The lowest BCUT2D eigenvalue weighted by Crippen LogP contribution is -2.31. The molecule has 146 valence electrons. The maximum atomic E-state index is 10.7. The van der Waals surface area contributed by atoms with Crippen LogP contribution in [0.1, 0.15) is 26.7 Å². The molecule has 10 heteroatoms. The van der Waals surface area contributed by atoms with E-state index in [0.717, 1.165) is 6.42 Å². The Bertz CT molecular complexity index is 388. The fourth-order valence-electron chi connectivity index (χ4n) is 1.84. The Hall–Kier alpha value is -1.58. The summed E-state index contributed by atoms with van der Waals surface area (Å²) in [4.78, 5) is 13.3. The smallest absolute Gasteiger partial charge is 0.405 e. The van der Waals surface area contributed by atoms with Crippen LogP contribution >= 0.6 is 0 Å². The van der Waals surface area contributed by atoms with Gasteiger partial charge in [-0.3, -0.25) is 0 Å². The summed E-state index contributed by atoms with van der Waals surface area (Å²) in [6.07, 6.45) is 0.680. The summed E-state index contributed by atoms with van der Waals surface area (Å²) in [6.45, 7) is 7.81. The summed E-state index contributed by atoms with van der Waals surface area (Å²) in [5.41, 5.74) is 12.5. The molecule has 0 spiro atoms. The van der Waals surface area contributed by atoms with Gasteiger partial charge in [0.2, 0.25) is 0 Å². The van der Waals surface area contributed by atoms with E-state index in [1.165, 1.54) is 0 Å². The quantitative estimate of drug-likeness (QED) is 0.182. The molecule has 0 aromatic heterocycles. The van der Waals surface area contributed by atoms with Crippen LogP contribution in [0, 0.1) is 0 Å². The minimum Gasteiger partial charge on any atom is -0.444 e. The zero-order valence-corrected chi connectivity index (χ0v) is 15.1. The molecule has 0 aromatic carbocycles. The molecule has 0 saturated heterocycles. The highest BCUT2D eigenvalue weighted by Crippen LogP contribution is 2.16. The van der Waals surface area contributed by atoms with E-state index in [1.807, 2.05) is 13.8 Å². The van der Waals surface area contributed by atoms with Gasteiger partial charge in [-0.05, 0) is 32.2 Å². The van der Waals surface area contributed by atoms with Crippen molar-refractivity contribution in [2.24, 2.45) is 10.8 Å². The van der Waals surface area contributed by atoms with Crippen molar-refractivity contribution >= 4 is 6.09 Å². The second kappa shape index (κ2) is 15.9. The molecule has 0 aliphatic heterocycles. The van der Waals surface area contributed by atoms with Gasteiger partial charge in [0, 0.05) is 18.1 Å². The molecule has 0 fully saturated rings. The van der Waals surface area contributed by atoms with Crippen molar-refractivity contribution in [3.63, 3.8) is 0 Å². The molecule has 0 unspecified atom stereocenters. The molecule has 25 heavy (non-hydrogen) atoms. The van der Waals surface area contributed by atoms with Gasteiger partial charge >= 0.3 is 6.09 Å². The van der Waals surface area contributed by atoms with Crippen molar-refractivity contribution < 1.29 is 28.5 Å². The monoisotopic (exact) mass is 362 g/mol. The van der Waals surface area contributed by atoms with E-state index in [4.69, 9.17) is 34.9 Å².